The molecule has 25 heavy (non-hydrogen) atoms. The molecule has 8 heteroatoms. The van der Waals surface area contributed by atoms with Crippen LogP contribution in [-0.4, -0.2) is 60.2 Å². The molecule has 0 bridgehead atoms. The van der Waals surface area contributed by atoms with E-state index in [4.69, 9.17) is 0 Å². The van der Waals surface area contributed by atoms with E-state index in [1.165, 1.54) is 6.33 Å². The molecule has 3 heterocycles. The monoisotopic (exact) mass is 345 g/mol. The Hall–Kier alpha value is -2.51. The molecule has 0 spiro atoms. The van der Waals surface area contributed by atoms with Crippen molar-refractivity contribution < 1.29 is 4.39 Å². The van der Waals surface area contributed by atoms with Crippen molar-refractivity contribution in [3.8, 4) is 0 Å². The van der Waals surface area contributed by atoms with E-state index in [1.54, 1.807) is 13.1 Å². The number of anilines is 3. The number of aromatic nitrogens is 4. The summed E-state index contributed by atoms with van der Waals surface area (Å²) in [5, 5.41) is 0. The third-order valence-corrected chi connectivity index (χ3v) is 4.59. The van der Waals surface area contributed by atoms with Crippen LogP contribution in [-0.2, 0) is 0 Å². The van der Waals surface area contributed by atoms with Crippen LogP contribution in [0.15, 0.2) is 18.6 Å². The van der Waals surface area contributed by atoms with Gasteiger partial charge in [0.15, 0.2) is 11.6 Å². The molecule has 2 aromatic heterocycles. The zero-order valence-electron chi connectivity index (χ0n) is 15.1. The van der Waals surface area contributed by atoms with Gasteiger partial charge in [-0.1, -0.05) is 0 Å². The maximum Gasteiger partial charge on any atom is 0.227 e. The lowest BCUT2D eigenvalue weighted by Gasteiger charge is -2.38. The van der Waals surface area contributed by atoms with E-state index in [9.17, 15) is 4.39 Å². The number of likely N-dealkylation sites (N-methyl/N-ethyl adjacent to an activating group) is 1. The van der Waals surface area contributed by atoms with Gasteiger partial charge in [0.2, 0.25) is 5.95 Å². The van der Waals surface area contributed by atoms with Gasteiger partial charge in [0.05, 0.1) is 5.69 Å². The fraction of sp³-hybridized carbons (Fsp3) is 0.529. The summed E-state index contributed by atoms with van der Waals surface area (Å²) in [7, 11) is 5.90. The first-order valence-electron chi connectivity index (χ1n) is 8.42. The maximum absolute atomic E-state index is 14.4. The standard InChI is InChI=1S/C17H24FN7/c1-12-15(18)16(21-11-20-12)25-9-5-6-13(10-25)24(4)17-19-8-7-14(22-17)23(2)3/h7-8,11,13H,5-6,9-10H2,1-4H3. The summed E-state index contributed by atoms with van der Waals surface area (Å²) in [6, 6.07) is 2.07. The molecule has 3 rings (SSSR count). The van der Waals surface area contributed by atoms with E-state index in [-0.39, 0.29) is 11.9 Å². The van der Waals surface area contributed by atoms with Gasteiger partial charge >= 0.3 is 0 Å². The Balaban J connectivity index is 1.79. The lowest BCUT2D eigenvalue weighted by molar-refractivity contribution is 0.472. The van der Waals surface area contributed by atoms with Crippen molar-refractivity contribution in [2.24, 2.45) is 0 Å². The molecule has 2 aromatic rings. The summed E-state index contributed by atoms with van der Waals surface area (Å²) in [6.45, 7) is 3.13. The maximum atomic E-state index is 14.4. The van der Waals surface area contributed by atoms with E-state index >= 15 is 0 Å². The molecule has 1 aliphatic rings. The minimum Gasteiger partial charge on any atom is -0.363 e. The summed E-state index contributed by atoms with van der Waals surface area (Å²) in [5.74, 6) is 1.59. The summed E-state index contributed by atoms with van der Waals surface area (Å²) < 4.78 is 14.4. The van der Waals surface area contributed by atoms with E-state index in [1.807, 2.05) is 37.0 Å². The molecule has 0 N–H and O–H groups in total. The number of rotatable bonds is 4. The molecule has 1 aliphatic heterocycles. The van der Waals surface area contributed by atoms with Crippen LogP contribution < -0.4 is 14.7 Å². The van der Waals surface area contributed by atoms with Crippen LogP contribution in [0.1, 0.15) is 18.5 Å². The Labute approximate surface area is 147 Å². The summed E-state index contributed by atoms with van der Waals surface area (Å²) >= 11 is 0. The van der Waals surface area contributed by atoms with Crippen LogP contribution in [0, 0.1) is 12.7 Å². The zero-order chi connectivity index (χ0) is 18.0. The second-order valence-corrected chi connectivity index (χ2v) is 6.56. The Morgan fingerprint density at radius 2 is 2.00 bits per heavy atom. The molecule has 0 saturated carbocycles. The fourth-order valence-corrected chi connectivity index (χ4v) is 3.05. The van der Waals surface area contributed by atoms with E-state index in [2.05, 4.69) is 24.8 Å². The molecular weight excluding hydrogens is 321 g/mol. The van der Waals surface area contributed by atoms with Crippen LogP contribution in [0.2, 0.25) is 0 Å². The molecular formula is C17H24FN7. The van der Waals surface area contributed by atoms with Crippen LogP contribution in [0.3, 0.4) is 0 Å². The lowest BCUT2D eigenvalue weighted by atomic mass is 10.0. The largest absolute Gasteiger partial charge is 0.363 e. The minimum atomic E-state index is -0.336. The zero-order valence-corrected chi connectivity index (χ0v) is 15.1. The van der Waals surface area contributed by atoms with Crippen LogP contribution in [0.5, 0.6) is 0 Å². The van der Waals surface area contributed by atoms with Gasteiger partial charge in [-0.05, 0) is 25.8 Å². The molecule has 0 aromatic carbocycles. The summed E-state index contributed by atoms with van der Waals surface area (Å²) in [5.41, 5.74) is 0.377. The fourth-order valence-electron chi connectivity index (χ4n) is 3.05. The molecule has 0 aliphatic carbocycles. The topological polar surface area (TPSA) is 61.3 Å². The Kier molecular flexibility index (Phi) is 4.96. The normalized spacial score (nSPS) is 17.5. The molecule has 1 unspecified atom stereocenters. The van der Waals surface area contributed by atoms with Crippen molar-refractivity contribution >= 4 is 17.6 Å². The third kappa shape index (κ3) is 3.62. The average Bonchev–Trinajstić information content (AvgIpc) is 2.63. The van der Waals surface area contributed by atoms with Gasteiger partial charge < -0.3 is 14.7 Å². The second-order valence-electron chi connectivity index (χ2n) is 6.56. The highest BCUT2D eigenvalue weighted by Crippen LogP contribution is 2.25. The number of hydrogen-bond donors (Lipinski definition) is 0. The minimum absolute atomic E-state index is 0.195. The quantitative estimate of drug-likeness (QED) is 0.838. The first-order valence-corrected chi connectivity index (χ1v) is 8.42. The van der Waals surface area contributed by atoms with Crippen molar-refractivity contribution in [1.29, 1.82) is 0 Å². The van der Waals surface area contributed by atoms with Crippen molar-refractivity contribution in [3.05, 3.63) is 30.1 Å². The summed E-state index contributed by atoms with van der Waals surface area (Å²) in [6.07, 6.45) is 5.16. The first kappa shape index (κ1) is 17.3. The Bertz CT molecular complexity index is 737. The number of nitrogens with zero attached hydrogens (tertiary/aromatic N) is 7. The molecule has 1 atom stereocenters. The Morgan fingerprint density at radius 3 is 2.76 bits per heavy atom. The van der Waals surface area contributed by atoms with Gasteiger partial charge in [0.25, 0.3) is 0 Å². The van der Waals surface area contributed by atoms with Crippen molar-refractivity contribution in [2.45, 2.75) is 25.8 Å². The SMILES string of the molecule is Cc1ncnc(N2CCCC(N(C)c3nccc(N(C)C)n3)C2)c1F. The van der Waals surface area contributed by atoms with Gasteiger partial charge in [-0.2, -0.15) is 4.98 Å². The smallest absolute Gasteiger partial charge is 0.227 e. The molecule has 7 nitrogen and oxygen atoms in total. The number of hydrogen-bond acceptors (Lipinski definition) is 7. The molecule has 134 valence electrons. The van der Waals surface area contributed by atoms with Crippen molar-refractivity contribution in [3.63, 3.8) is 0 Å². The molecule has 1 fully saturated rings. The van der Waals surface area contributed by atoms with Gasteiger partial charge in [-0.25, -0.2) is 19.3 Å². The predicted molar refractivity (Wildman–Crippen MR) is 96.7 cm³/mol. The third-order valence-electron chi connectivity index (χ3n) is 4.59. The molecule has 0 amide bonds. The number of piperidine rings is 1. The summed E-state index contributed by atoms with van der Waals surface area (Å²) in [4.78, 5) is 23.1. The number of aryl methyl sites for hydroxylation is 1. The van der Waals surface area contributed by atoms with E-state index < -0.39 is 0 Å². The lowest BCUT2D eigenvalue weighted by Crippen LogP contribution is -2.47. The van der Waals surface area contributed by atoms with Gasteiger partial charge in [0.1, 0.15) is 12.1 Å². The van der Waals surface area contributed by atoms with Crippen molar-refractivity contribution in [1.82, 2.24) is 19.9 Å². The van der Waals surface area contributed by atoms with Crippen LogP contribution >= 0.6 is 0 Å². The van der Waals surface area contributed by atoms with E-state index in [0.29, 0.717) is 24.0 Å². The van der Waals surface area contributed by atoms with Crippen molar-refractivity contribution in [2.75, 3.05) is 48.9 Å². The highest BCUT2D eigenvalue weighted by Gasteiger charge is 2.27. The molecule has 0 radical (unpaired) electrons. The number of halogens is 1. The highest BCUT2D eigenvalue weighted by atomic mass is 19.1. The first-order chi connectivity index (χ1) is 12.0. The second kappa shape index (κ2) is 7.16. The Morgan fingerprint density at radius 1 is 1.20 bits per heavy atom. The van der Waals surface area contributed by atoms with Gasteiger partial charge in [-0.3, -0.25) is 0 Å². The highest BCUT2D eigenvalue weighted by molar-refractivity contribution is 5.45. The van der Waals surface area contributed by atoms with Gasteiger partial charge in [-0.15, -0.1) is 0 Å². The van der Waals surface area contributed by atoms with Gasteiger partial charge in [0, 0.05) is 46.5 Å². The van der Waals surface area contributed by atoms with Crippen LogP contribution in [0.25, 0.3) is 0 Å². The average molecular weight is 345 g/mol. The predicted octanol–water partition coefficient (Wildman–Crippen LogP) is 1.89. The molecule has 1 saturated heterocycles. The van der Waals surface area contributed by atoms with Crippen LogP contribution in [0.4, 0.5) is 22.0 Å². The van der Waals surface area contributed by atoms with E-state index in [0.717, 1.165) is 25.2 Å².